The van der Waals surface area contributed by atoms with Gasteiger partial charge in [-0.05, 0) is 24.3 Å². The Morgan fingerprint density at radius 3 is 2.44 bits per heavy atom. The summed E-state index contributed by atoms with van der Waals surface area (Å²) in [5.74, 6) is -2.69. The van der Waals surface area contributed by atoms with Crippen LogP contribution in [0.2, 0.25) is 0 Å². The number of pyridine rings is 1. The fourth-order valence-electron chi connectivity index (χ4n) is 2.91. The number of benzene rings is 1. The van der Waals surface area contributed by atoms with Crippen LogP contribution in [0, 0.1) is 11.6 Å². The lowest BCUT2D eigenvalue weighted by atomic mass is 9.90. The van der Waals surface area contributed by atoms with E-state index in [2.05, 4.69) is 10.3 Å². The van der Waals surface area contributed by atoms with Crippen LogP contribution >= 0.6 is 0 Å². The minimum atomic E-state index is -0.914. The van der Waals surface area contributed by atoms with Crippen molar-refractivity contribution in [2.24, 2.45) is 0 Å². The average molecular weight is 348 g/mol. The van der Waals surface area contributed by atoms with Crippen LogP contribution in [0.5, 0.6) is 0 Å². The summed E-state index contributed by atoms with van der Waals surface area (Å²) in [6, 6.07) is 6.65. The quantitative estimate of drug-likeness (QED) is 0.921. The Kier molecular flexibility index (Phi) is 5.06. The molecule has 1 saturated heterocycles. The molecule has 25 heavy (non-hydrogen) atoms. The van der Waals surface area contributed by atoms with Crippen molar-refractivity contribution in [3.05, 3.63) is 59.4 Å². The van der Waals surface area contributed by atoms with Gasteiger partial charge in [0.2, 0.25) is 0 Å². The molecule has 1 aromatic heterocycles. The molecule has 2 aromatic rings. The number of hydrogen-bond donors (Lipinski definition) is 1. The molecular weight excluding hydrogens is 330 g/mol. The predicted molar refractivity (Wildman–Crippen MR) is 87.3 cm³/mol. The van der Waals surface area contributed by atoms with E-state index in [1.807, 2.05) is 0 Å². The van der Waals surface area contributed by atoms with Crippen molar-refractivity contribution >= 4 is 11.6 Å². The van der Waals surface area contributed by atoms with E-state index in [0.29, 0.717) is 31.7 Å². The molecule has 1 aliphatic rings. The monoisotopic (exact) mass is 348 g/mol. The Hall–Kier alpha value is -2.38. The van der Waals surface area contributed by atoms with Gasteiger partial charge in [0, 0.05) is 33.2 Å². The Morgan fingerprint density at radius 1 is 1.20 bits per heavy atom. The molecule has 0 radical (unpaired) electrons. The Labute approximate surface area is 144 Å². The van der Waals surface area contributed by atoms with Gasteiger partial charge >= 0.3 is 0 Å². The number of nitrogens with zero attached hydrogens (tertiary/aromatic N) is 1. The van der Waals surface area contributed by atoms with Gasteiger partial charge in [-0.2, -0.15) is 0 Å². The smallest absolute Gasteiger partial charge is 0.261 e. The Morgan fingerprint density at radius 2 is 1.88 bits per heavy atom. The van der Waals surface area contributed by atoms with Crippen LogP contribution in [0.15, 0.2) is 36.5 Å². The number of halogens is 2. The second kappa shape index (κ2) is 7.25. The van der Waals surface area contributed by atoms with Gasteiger partial charge in [-0.25, -0.2) is 8.78 Å². The number of carbonyl (C=O) groups excluding carboxylic acids is 1. The normalized spacial score (nSPS) is 16.4. The van der Waals surface area contributed by atoms with Gasteiger partial charge in [0.05, 0.1) is 17.6 Å². The SMILES string of the molecule is COC1(c2ccc(NC(=O)c3c(F)cccc3F)cn2)CCOCC1. The standard InChI is InChI=1S/C18H18F2N2O3/c1-24-18(7-9-25-10-8-18)15-6-5-12(11-21-15)22-17(23)16-13(19)3-2-4-14(16)20/h2-6,11H,7-10H2,1H3,(H,22,23). The molecule has 1 N–H and O–H groups in total. The molecule has 2 heterocycles. The van der Waals surface area contributed by atoms with Gasteiger partial charge in [-0.3, -0.25) is 9.78 Å². The third-order valence-corrected chi connectivity index (χ3v) is 4.37. The van der Waals surface area contributed by atoms with Gasteiger partial charge in [0.15, 0.2) is 0 Å². The topological polar surface area (TPSA) is 60.5 Å². The van der Waals surface area contributed by atoms with E-state index in [1.165, 1.54) is 12.3 Å². The number of rotatable bonds is 4. The largest absolute Gasteiger partial charge is 0.381 e. The maximum absolute atomic E-state index is 13.7. The second-order valence-electron chi connectivity index (χ2n) is 5.79. The minimum absolute atomic E-state index is 0.342. The number of ether oxygens (including phenoxy) is 2. The lowest BCUT2D eigenvalue weighted by Crippen LogP contribution is -2.36. The summed E-state index contributed by atoms with van der Waals surface area (Å²) in [7, 11) is 1.63. The average Bonchev–Trinajstić information content (AvgIpc) is 2.63. The first-order valence-electron chi connectivity index (χ1n) is 7.90. The minimum Gasteiger partial charge on any atom is -0.381 e. The molecule has 1 aliphatic heterocycles. The molecule has 5 nitrogen and oxygen atoms in total. The molecule has 0 aliphatic carbocycles. The van der Waals surface area contributed by atoms with Crippen molar-refractivity contribution < 1.29 is 23.0 Å². The van der Waals surface area contributed by atoms with E-state index in [9.17, 15) is 13.6 Å². The highest BCUT2D eigenvalue weighted by Crippen LogP contribution is 2.34. The van der Waals surface area contributed by atoms with Crippen LogP contribution in [0.3, 0.4) is 0 Å². The van der Waals surface area contributed by atoms with Gasteiger partial charge in [-0.15, -0.1) is 0 Å². The van der Waals surface area contributed by atoms with Crippen molar-refractivity contribution in [2.75, 3.05) is 25.6 Å². The van der Waals surface area contributed by atoms with Crippen molar-refractivity contribution in [2.45, 2.75) is 18.4 Å². The zero-order valence-electron chi connectivity index (χ0n) is 13.7. The molecule has 0 unspecified atom stereocenters. The summed E-state index contributed by atoms with van der Waals surface area (Å²) in [5.41, 5.74) is -0.0641. The van der Waals surface area contributed by atoms with Crippen LogP contribution in [-0.4, -0.2) is 31.2 Å². The number of anilines is 1. The molecule has 0 spiro atoms. The summed E-state index contributed by atoms with van der Waals surface area (Å²) in [6.45, 7) is 1.17. The van der Waals surface area contributed by atoms with E-state index >= 15 is 0 Å². The number of hydrogen-bond acceptors (Lipinski definition) is 4. The second-order valence-corrected chi connectivity index (χ2v) is 5.79. The van der Waals surface area contributed by atoms with E-state index in [4.69, 9.17) is 9.47 Å². The number of aromatic nitrogens is 1. The van der Waals surface area contributed by atoms with Crippen molar-refractivity contribution in [3.8, 4) is 0 Å². The molecule has 3 rings (SSSR count). The summed E-state index contributed by atoms with van der Waals surface area (Å²) < 4.78 is 38.3. The maximum Gasteiger partial charge on any atom is 0.261 e. The van der Waals surface area contributed by atoms with Crippen molar-refractivity contribution in [1.82, 2.24) is 4.98 Å². The summed E-state index contributed by atoms with van der Waals surface area (Å²) in [4.78, 5) is 16.5. The summed E-state index contributed by atoms with van der Waals surface area (Å²) in [6.07, 6.45) is 2.81. The highest BCUT2D eigenvalue weighted by atomic mass is 19.1. The van der Waals surface area contributed by atoms with Crippen molar-refractivity contribution in [3.63, 3.8) is 0 Å². The van der Waals surface area contributed by atoms with Gasteiger partial charge < -0.3 is 14.8 Å². The number of methoxy groups -OCH3 is 1. The van der Waals surface area contributed by atoms with Crippen LogP contribution in [0.25, 0.3) is 0 Å². The van der Waals surface area contributed by atoms with E-state index in [1.54, 1.807) is 19.2 Å². The van der Waals surface area contributed by atoms with E-state index in [-0.39, 0.29) is 0 Å². The predicted octanol–water partition coefficient (Wildman–Crippen LogP) is 3.26. The zero-order chi connectivity index (χ0) is 17.9. The lowest BCUT2D eigenvalue weighted by molar-refractivity contribution is -0.0972. The molecule has 0 atom stereocenters. The molecule has 1 amide bonds. The number of carbonyl (C=O) groups is 1. The van der Waals surface area contributed by atoms with Crippen LogP contribution in [0.1, 0.15) is 28.9 Å². The van der Waals surface area contributed by atoms with Gasteiger partial charge in [0.1, 0.15) is 22.8 Å². The van der Waals surface area contributed by atoms with E-state index < -0.39 is 28.7 Å². The highest BCUT2D eigenvalue weighted by molar-refractivity contribution is 6.04. The van der Waals surface area contributed by atoms with Crippen LogP contribution in [0.4, 0.5) is 14.5 Å². The van der Waals surface area contributed by atoms with Gasteiger partial charge in [0.25, 0.3) is 5.91 Å². The third kappa shape index (κ3) is 3.52. The highest BCUT2D eigenvalue weighted by Gasteiger charge is 2.35. The lowest BCUT2D eigenvalue weighted by Gasteiger charge is -2.35. The molecular formula is C18H18F2N2O3. The third-order valence-electron chi connectivity index (χ3n) is 4.37. The fourth-order valence-corrected chi connectivity index (χ4v) is 2.91. The summed E-state index contributed by atoms with van der Waals surface area (Å²) >= 11 is 0. The van der Waals surface area contributed by atoms with E-state index in [0.717, 1.165) is 17.8 Å². The number of amides is 1. The molecule has 7 heteroatoms. The summed E-state index contributed by atoms with van der Waals surface area (Å²) in [5, 5.41) is 2.45. The van der Waals surface area contributed by atoms with Crippen LogP contribution < -0.4 is 5.32 Å². The molecule has 1 fully saturated rings. The Bertz CT molecular complexity index is 739. The van der Waals surface area contributed by atoms with Crippen molar-refractivity contribution in [1.29, 1.82) is 0 Å². The maximum atomic E-state index is 13.7. The molecule has 0 saturated carbocycles. The first-order chi connectivity index (χ1) is 12.1. The first-order valence-corrected chi connectivity index (χ1v) is 7.90. The Balaban J connectivity index is 1.78. The van der Waals surface area contributed by atoms with Gasteiger partial charge in [-0.1, -0.05) is 6.07 Å². The number of nitrogens with one attached hydrogen (secondary N) is 1. The zero-order valence-corrected chi connectivity index (χ0v) is 13.7. The fraction of sp³-hybridized carbons (Fsp3) is 0.333. The molecule has 132 valence electrons. The van der Waals surface area contributed by atoms with Crippen LogP contribution in [-0.2, 0) is 15.1 Å². The first kappa shape index (κ1) is 17.4. The molecule has 1 aromatic carbocycles. The molecule has 0 bridgehead atoms.